The van der Waals surface area contributed by atoms with Crippen molar-refractivity contribution in [2.45, 2.75) is 27.8 Å². The van der Waals surface area contributed by atoms with E-state index in [0.29, 0.717) is 0 Å². The number of aliphatic carboxylic acids is 1. The molecule has 152 valence electrons. The molecule has 0 saturated carbocycles. The van der Waals surface area contributed by atoms with Crippen LogP contribution in [0.1, 0.15) is 12.5 Å². The van der Waals surface area contributed by atoms with Crippen LogP contribution >= 0.6 is 23.4 Å². The fourth-order valence-corrected chi connectivity index (χ4v) is 4.27. The van der Waals surface area contributed by atoms with Crippen molar-refractivity contribution in [1.29, 1.82) is 0 Å². The van der Waals surface area contributed by atoms with Gasteiger partial charge in [0.25, 0.3) is 0 Å². The minimum absolute atomic E-state index is 0. The number of carbonyl (C=O) groups is 1. The zero-order chi connectivity index (χ0) is 21.1. The van der Waals surface area contributed by atoms with Crippen molar-refractivity contribution in [1.82, 2.24) is 0 Å². The second-order valence-electron chi connectivity index (χ2n) is 5.42. The summed E-state index contributed by atoms with van der Waals surface area (Å²) in [7, 11) is -3.50. The Balaban J connectivity index is 0.00000420. The number of halogens is 4. The molecule has 2 aromatic carbocycles. The summed E-state index contributed by atoms with van der Waals surface area (Å²) >= 11 is 6.88. The average Bonchev–Trinajstić information content (AvgIpc) is 2.61. The molecule has 0 amide bonds. The molecular formula is C17H13ClF3NaO5S2. The van der Waals surface area contributed by atoms with Crippen molar-refractivity contribution in [3.63, 3.8) is 0 Å². The molecule has 0 bridgehead atoms. The van der Waals surface area contributed by atoms with Crippen LogP contribution in [0.25, 0.3) is 0 Å². The Morgan fingerprint density at radius 3 is 2.34 bits per heavy atom. The molecular weight excluding hydrogens is 464 g/mol. The smallest absolute Gasteiger partial charge is 0.546 e. The first-order chi connectivity index (χ1) is 12.9. The van der Waals surface area contributed by atoms with Gasteiger partial charge < -0.3 is 14.6 Å². The monoisotopic (exact) mass is 476 g/mol. The van der Waals surface area contributed by atoms with Gasteiger partial charge in [0, 0.05) is 4.90 Å². The van der Waals surface area contributed by atoms with Crippen molar-refractivity contribution in [2.75, 3.05) is 12.4 Å². The van der Waals surface area contributed by atoms with E-state index in [9.17, 15) is 31.5 Å². The number of hydrogen-bond donors (Lipinski definition) is 0. The van der Waals surface area contributed by atoms with E-state index in [1.807, 2.05) is 0 Å². The van der Waals surface area contributed by atoms with Crippen LogP contribution in [0.3, 0.4) is 0 Å². The quantitative estimate of drug-likeness (QED) is 0.539. The Labute approximate surface area is 196 Å². The van der Waals surface area contributed by atoms with E-state index in [0.717, 1.165) is 30.0 Å². The predicted octanol–water partition coefficient (Wildman–Crippen LogP) is 0.436. The topological polar surface area (TPSA) is 83.5 Å². The van der Waals surface area contributed by atoms with Gasteiger partial charge in [0.2, 0.25) is 0 Å². The molecule has 12 heteroatoms. The van der Waals surface area contributed by atoms with Crippen LogP contribution in [0.4, 0.5) is 13.2 Å². The first-order valence-electron chi connectivity index (χ1n) is 7.68. The summed E-state index contributed by atoms with van der Waals surface area (Å²) in [5.41, 5.74) is -0.961. The maximum absolute atomic E-state index is 13.0. The van der Waals surface area contributed by atoms with Gasteiger partial charge in [0.1, 0.15) is 12.4 Å². The molecule has 0 aliphatic heterocycles. The fraction of sp³-hybridized carbons (Fsp3) is 0.235. The van der Waals surface area contributed by atoms with Gasteiger partial charge in [0.15, 0.2) is 9.84 Å². The Morgan fingerprint density at radius 2 is 1.83 bits per heavy atom. The predicted molar refractivity (Wildman–Crippen MR) is 95.2 cm³/mol. The molecule has 0 spiro atoms. The van der Waals surface area contributed by atoms with Crippen LogP contribution in [-0.4, -0.2) is 26.7 Å². The van der Waals surface area contributed by atoms with Crippen LogP contribution in [0.2, 0.25) is 5.02 Å². The average molecular weight is 477 g/mol. The number of rotatable bonds is 7. The van der Waals surface area contributed by atoms with Crippen LogP contribution in [-0.2, 0) is 20.8 Å². The first kappa shape index (κ1) is 26.1. The van der Waals surface area contributed by atoms with Gasteiger partial charge in [0.05, 0.1) is 32.1 Å². The van der Waals surface area contributed by atoms with Gasteiger partial charge in [-0.2, -0.15) is 13.2 Å². The van der Waals surface area contributed by atoms with E-state index in [-0.39, 0.29) is 60.8 Å². The minimum Gasteiger partial charge on any atom is -0.546 e. The molecule has 0 aromatic heterocycles. The van der Waals surface area contributed by atoms with Crippen LogP contribution in [0.15, 0.2) is 51.1 Å². The molecule has 0 aliphatic carbocycles. The molecule has 0 heterocycles. The number of benzene rings is 2. The zero-order valence-corrected chi connectivity index (χ0v) is 19.6. The number of carboxylic acids is 1. The molecule has 2 aromatic rings. The Morgan fingerprint density at radius 1 is 1.17 bits per heavy atom. The Hall–Kier alpha value is -0.910. The van der Waals surface area contributed by atoms with E-state index in [4.69, 9.17) is 16.3 Å². The van der Waals surface area contributed by atoms with Gasteiger partial charge in [-0.3, -0.25) is 0 Å². The number of alkyl halides is 3. The van der Waals surface area contributed by atoms with E-state index < -0.39 is 34.2 Å². The summed E-state index contributed by atoms with van der Waals surface area (Å²) < 4.78 is 67.8. The van der Waals surface area contributed by atoms with Crippen molar-refractivity contribution in [3.05, 3.63) is 47.0 Å². The van der Waals surface area contributed by atoms with Crippen molar-refractivity contribution in [2.24, 2.45) is 0 Å². The van der Waals surface area contributed by atoms with Crippen LogP contribution in [0.5, 0.6) is 5.75 Å². The molecule has 0 saturated heterocycles. The number of carbonyl (C=O) groups excluding carboxylic acids is 1. The number of sulfone groups is 1. The minimum atomic E-state index is -4.62. The Bertz CT molecular complexity index is 997. The van der Waals surface area contributed by atoms with Gasteiger partial charge in [-0.05, 0) is 36.4 Å². The van der Waals surface area contributed by atoms with Gasteiger partial charge >= 0.3 is 35.7 Å². The number of carboxylic acid groups (broad SMARTS) is 1. The molecule has 0 unspecified atom stereocenters. The van der Waals surface area contributed by atoms with Gasteiger partial charge in [-0.15, -0.1) is 0 Å². The summed E-state index contributed by atoms with van der Waals surface area (Å²) in [5.74, 6) is -1.78. The molecule has 29 heavy (non-hydrogen) atoms. The SMILES string of the molecule is CCS(=O)(=O)c1ccc(Sc2cc(C(F)(F)F)ccc2OCC(=O)[O-])c(Cl)c1.[Na+]. The molecule has 0 N–H and O–H groups in total. The van der Waals surface area contributed by atoms with Crippen LogP contribution < -0.4 is 39.4 Å². The summed E-state index contributed by atoms with van der Waals surface area (Å²) in [6.07, 6.45) is -4.62. The third kappa shape index (κ3) is 7.08. The normalized spacial score (nSPS) is 11.6. The van der Waals surface area contributed by atoms with Crippen molar-refractivity contribution in [3.8, 4) is 5.75 Å². The second kappa shape index (κ2) is 10.4. The largest absolute Gasteiger partial charge is 1.00 e. The molecule has 5 nitrogen and oxygen atoms in total. The van der Waals surface area contributed by atoms with Crippen LogP contribution in [0, 0.1) is 0 Å². The molecule has 0 atom stereocenters. The Kier molecular flexibility index (Phi) is 9.38. The van der Waals surface area contributed by atoms with Crippen molar-refractivity contribution >= 4 is 39.2 Å². The standard InChI is InChI=1S/C17H14ClF3O5S2.Na/c1-2-28(24,25)11-4-6-14(12(18)8-11)27-15-7-10(17(19,20)21)3-5-13(15)26-9-16(22)23;/h3-8H,2,9H2,1H3,(H,22,23);/q;+1/p-1. The summed E-state index contributed by atoms with van der Waals surface area (Å²) in [6, 6.07) is 6.41. The van der Waals surface area contributed by atoms with Crippen molar-refractivity contribution < 1.29 is 65.8 Å². The van der Waals surface area contributed by atoms with E-state index in [2.05, 4.69) is 0 Å². The molecule has 0 aliphatic rings. The van der Waals surface area contributed by atoms with E-state index in [1.165, 1.54) is 25.1 Å². The first-order valence-corrected chi connectivity index (χ1v) is 10.5. The van der Waals surface area contributed by atoms with Gasteiger partial charge in [-0.25, -0.2) is 8.42 Å². The molecule has 0 radical (unpaired) electrons. The number of hydrogen-bond acceptors (Lipinski definition) is 6. The third-order valence-electron chi connectivity index (χ3n) is 3.48. The maximum atomic E-state index is 13.0. The zero-order valence-electron chi connectivity index (χ0n) is 15.2. The molecule has 0 fully saturated rings. The third-order valence-corrected chi connectivity index (χ3v) is 6.75. The second-order valence-corrected chi connectivity index (χ2v) is 9.19. The fourth-order valence-electron chi connectivity index (χ4n) is 2.06. The maximum Gasteiger partial charge on any atom is 1.00 e. The van der Waals surface area contributed by atoms with E-state index >= 15 is 0 Å². The summed E-state index contributed by atoms with van der Waals surface area (Å²) in [4.78, 5) is 10.8. The number of ether oxygens (including phenoxy) is 1. The van der Waals surface area contributed by atoms with Gasteiger partial charge in [-0.1, -0.05) is 30.3 Å². The van der Waals surface area contributed by atoms with E-state index in [1.54, 1.807) is 0 Å². The molecule has 2 rings (SSSR count). The summed E-state index contributed by atoms with van der Waals surface area (Å²) in [5, 5.41) is 10.6. The summed E-state index contributed by atoms with van der Waals surface area (Å²) in [6.45, 7) is 0.621.